The minimum absolute atomic E-state index is 0. The smallest absolute Gasteiger partial charge is 0.503 e. The Hall–Kier alpha value is -0.396. The maximum Gasteiger partial charge on any atom is 0.503 e. The van der Waals surface area contributed by atoms with E-state index in [0.717, 1.165) is 0 Å². The number of carbonyl (C=O) groups is 1. The quantitative estimate of drug-likeness (QED) is 0.547. The minimum Gasteiger partial charge on any atom is -0.693 e. The van der Waals surface area contributed by atoms with Crippen LogP contribution in [-0.4, -0.2) is 16.4 Å². The molecule has 7 nitrogen and oxygen atoms in total. The standard InChI is InChI=1S/CH2O3.4H2N.Ni/c2-1(3)4;;;;;/h(H2,2,3,4);4*1H2;/q;4*-1;. The Bertz CT molecular complexity index is 38.8. The first-order valence-corrected chi connectivity index (χ1v) is 0.651. The van der Waals surface area contributed by atoms with Gasteiger partial charge in [-0.15, -0.1) is 0 Å². The third-order valence-corrected chi connectivity index (χ3v) is 0. The molecule has 10 N–H and O–H groups in total. The molecule has 0 aliphatic heterocycles. The predicted octanol–water partition coefficient (Wildman–Crippen LogP) is 3.09. The molecule has 0 aliphatic rings. The zero-order valence-corrected chi connectivity index (χ0v) is 5.42. The van der Waals surface area contributed by atoms with Crippen LogP contribution < -0.4 is 0 Å². The average molecular weight is 185 g/mol. The molecule has 0 rings (SSSR count). The van der Waals surface area contributed by atoms with E-state index in [0.29, 0.717) is 0 Å². The molecule has 0 aromatic heterocycles. The Kier molecular flexibility index (Phi) is 399. The summed E-state index contributed by atoms with van der Waals surface area (Å²) in [5.41, 5.74) is 0. The molecule has 0 unspecified atom stereocenters. The van der Waals surface area contributed by atoms with Gasteiger partial charge in [0.05, 0.1) is 0 Å². The second-order valence-electron chi connectivity index (χ2n) is 0.283. The van der Waals surface area contributed by atoms with Crippen LogP contribution in [-0.2, 0) is 16.5 Å². The van der Waals surface area contributed by atoms with Gasteiger partial charge in [-0.25, -0.2) is 4.79 Å². The van der Waals surface area contributed by atoms with E-state index in [1.807, 2.05) is 0 Å². The molecule has 0 heterocycles. The second-order valence-corrected chi connectivity index (χ2v) is 0.283. The number of nitrogens with two attached hydrogens (primary N) is 4. The summed E-state index contributed by atoms with van der Waals surface area (Å²) in [5, 5.41) is 13.9. The van der Waals surface area contributed by atoms with E-state index in [9.17, 15) is 0 Å². The zero-order chi connectivity index (χ0) is 3.58. The van der Waals surface area contributed by atoms with Crippen molar-refractivity contribution >= 4 is 6.16 Å². The van der Waals surface area contributed by atoms with Gasteiger partial charge < -0.3 is 34.8 Å². The molecule has 8 heteroatoms. The Morgan fingerprint density at radius 1 is 0.889 bits per heavy atom. The fourth-order valence-corrected chi connectivity index (χ4v) is 0. The third-order valence-electron chi connectivity index (χ3n) is 0. The van der Waals surface area contributed by atoms with Gasteiger partial charge >= 0.3 is 6.16 Å². The van der Waals surface area contributed by atoms with E-state index in [1.165, 1.54) is 0 Å². The van der Waals surface area contributed by atoms with Gasteiger partial charge in [-0.3, -0.25) is 0 Å². The van der Waals surface area contributed by atoms with Gasteiger partial charge in [0.1, 0.15) is 0 Å². The Balaban J connectivity index is -0.00000000450. The van der Waals surface area contributed by atoms with Crippen LogP contribution >= 0.6 is 0 Å². The van der Waals surface area contributed by atoms with Crippen molar-refractivity contribution in [3.05, 3.63) is 24.6 Å². The maximum absolute atomic E-state index is 8.56. The molecule has 0 amide bonds. The van der Waals surface area contributed by atoms with Crippen molar-refractivity contribution in [2.75, 3.05) is 0 Å². The average Bonchev–Trinajstić information content (AvgIpc) is 0.811. The van der Waals surface area contributed by atoms with Gasteiger partial charge in [0.15, 0.2) is 0 Å². The van der Waals surface area contributed by atoms with E-state index in [4.69, 9.17) is 15.0 Å². The zero-order valence-electron chi connectivity index (χ0n) is 4.43. The molecule has 0 fully saturated rings. The molecular weight excluding hydrogens is 175 g/mol. The van der Waals surface area contributed by atoms with Crippen LogP contribution in [0.3, 0.4) is 0 Å². The number of carboxylic acid groups (broad SMARTS) is 2. The van der Waals surface area contributed by atoms with Crippen LogP contribution in [0.1, 0.15) is 0 Å². The van der Waals surface area contributed by atoms with Crippen molar-refractivity contribution < 1.29 is 31.5 Å². The Morgan fingerprint density at radius 3 is 0.889 bits per heavy atom. The van der Waals surface area contributed by atoms with Gasteiger partial charge in [-0.05, 0) is 0 Å². The topological polar surface area (TPSA) is 192 Å². The van der Waals surface area contributed by atoms with E-state index in [1.54, 1.807) is 0 Å². The largest absolute Gasteiger partial charge is 0.693 e. The summed E-state index contributed by atoms with van der Waals surface area (Å²) in [6.07, 6.45) is -1.83. The number of rotatable bonds is 0. The van der Waals surface area contributed by atoms with Gasteiger partial charge in [-0.2, -0.15) is 0 Å². The Labute approximate surface area is 63.1 Å². The first-order chi connectivity index (χ1) is 1.73. The van der Waals surface area contributed by atoms with Crippen molar-refractivity contribution in [2.24, 2.45) is 0 Å². The van der Waals surface area contributed by atoms with Gasteiger partial charge in [0, 0.05) is 16.5 Å². The molecule has 0 saturated heterocycles. The van der Waals surface area contributed by atoms with Gasteiger partial charge in [0.2, 0.25) is 0 Å². The van der Waals surface area contributed by atoms with Crippen molar-refractivity contribution in [3.63, 3.8) is 0 Å². The van der Waals surface area contributed by atoms with E-state index in [2.05, 4.69) is 0 Å². The van der Waals surface area contributed by atoms with Gasteiger partial charge in [0.25, 0.3) is 0 Å². The summed E-state index contributed by atoms with van der Waals surface area (Å²) >= 11 is 0. The molecule has 0 spiro atoms. The first kappa shape index (κ1) is 73.4. The van der Waals surface area contributed by atoms with Crippen LogP contribution in [0, 0.1) is 0 Å². The molecular formula is CH10N4NiO3-4. The van der Waals surface area contributed by atoms with Crippen molar-refractivity contribution in [1.82, 2.24) is 0 Å². The van der Waals surface area contributed by atoms with Crippen LogP contribution in [0.2, 0.25) is 0 Å². The van der Waals surface area contributed by atoms with Crippen LogP contribution in [0.5, 0.6) is 0 Å². The summed E-state index contributed by atoms with van der Waals surface area (Å²) in [4.78, 5) is 8.56. The van der Waals surface area contributed by atoms with Crippen molar-refractivity contribution in [2.45, 2.75) is 0 Å². The monoisotopic (exact) mass is 184 g/mol. The molecule has 66 valence electrons. The normalized spacial score (nSPS) is 2.67. The molecule has 0 aromatic rings. The third kappa shape index (κ3) is 1520. The summed E-state index contributed by atoms with van der Waals surface area (Å²) < 4.78 is 0. The van der Waals surface area contributed by atoms with Crippen molar-refractivity contribution in [1.29, 1.82) is 0 Å². The Morgan fingerprint density at radius 2 is 0.889 bits per heavy atom. The second kappa shape index (κ2) is 48.9. The molecule has 0 bridgehead atoms. The minimum atomic E-state index is -1.83. The summed E-state index contributed by atoms with van der Waals surface area (Å²) in [5.74, 6) is 0. The van der Waals surface area contributed by atoms with Crippen LogP contribution in [0.4, 0.5) is 4.79 Å². The van der Waals surface area contributed by atoms with Crippen LogP contribution in [0.25, 0.3) is 24.6 Å². The molecule has 0 saturated carbocycles. The van der Waals surface area contributed by atoms with E-state index in [-0.39, 0.29) is 41.1 Å². The van der Waals surface area contributed by atoms with Crippen LogP contribution in [0.15, 0.2) is 0 Å². The fraction of sp³-hybridized carbons (Fsp3) is 0. The SMILES string of the molecule is O=C(O)O.[NH2-].[NH2-].[NH2-].[NH2-].[Ni]. The fourth-order valence-electron chi connectivity index (χ4n) is 0. The van der Waals surface area contributed by atoms with Crippen molar-refractivity contribution in [3.8, 4) is 0 Å². The number of hydrogen-bond donors (Lipinski definition) is 2. The molecule has 0 atom stereocenters. The summed E-state index contributed by atoms with van der Waals surface area (Å²) in [6.45, 7) is 0. The predicted molar refractivity (Wildman–Crippen MR) is 31.8 cm³/mol. The summed E-state index contributed by atoms with van der Waals surface area (Å²) in [7, 11) is 0. The first-order valence-electron chi connectivity index (χ1n) is 0.651. The molecule has 0 radical (unpaired) electrons. The maximum atomic E-state index is 8.56. The van der Waals surface area contributed by atoms with E-state index >= 15 is 0 Å². The number of hydrogen-bond acceptors (Lipinski definition) is 1. The molecule has 0 aliphatic carbocycles. The molecule has 0 aromatic carbocycles. The van der Waals surface area contributed by atoms with E-state index < -0.39 is 6.16 Å². The van der Waals surface area contributed by atoms with Gasteiger partial charge in [-0.1, -0.05) is 0 Å². The summed E-state index contributed by atoms with van der Waals surface area (Å²) in [6, 6.07) is 0. The molecule has 9 heavy (non-hydrogen) atoms.